The van der Waals surface area contributed by atoms with Crippen molar-refractivity contribution < 1.29 is 19.8 Å². The summed E-state index contributed by atoms with van der Waals surface area (Å²) in [6.07, 6.45) is 1.57. The van der Waals surface area contributed by atoms with Crippen molar-refractivity contribution in [3.05, 3.63) is 35.9 Å². The standard InChI is InChI=1S/C14H20N2O4/c1-10(7-8-11-5-3-2-4-6-11)15-14(20)16-12(9-17)13(18)19/h2-6,10,12,17H,7-9H2,1H3,(H,18,19)(H2,15,16,20)/t10?,12-/m1/s1. The molecule has 0 aliphatic carbocycles. The lowest BCUT2D eigenvalue weighted by Gasteiger charge is -2.17. The Morgan fingerprint density at radius 2 is 1.85 bits per heavy atom. The van der Waals surface area contributed by atoms with Crippen LogP contribution in [0.25, 0.3) is 0 Å². The van der Waals surface area contributed by atoms with Gasteiger partial charge in [-0.3, -0.25) is 0 Å². The fourth-order valence-corrected chi connectivity index (χ4v) is 1.71. The van der Waals surface area contributed by atoms with Crippen molar-refractivity contribution in [2.75, 3.05) is 6.61 Å². The van der Waals surface area contributed by atoms with Crippen LogP contribution in [0.2, 0.25) is 0 Å². The monoisotopic (exact) mass is 280 g/mol. The Hall–Kier alpha value is -2.08. The quantitative estimate of drug-likeness (QED) is 0.592. The maximum Gasteiger partial charge on any atom is 0.328 e. The predicted molar refractivity (Wildman–Crippen MR) is 74.4 cm³/mol. The van der Waals surface area contributed by atoms with E-state index in [4.69, 9.17) is 10.2 Å². The predicted octanol–water partition coefficient (Wildman–Crippen LogP) is 0.752. The van der Waals surface area contributed by atoms with Gasteiger partial charge in [0, 0.05) is 6.04 Å². The fraction of sp³-hybridized carbons (Fsp3) is 0.429. The summed E-state index contributed by atoms with van der Waals surface area (Å²) in [5.41, 5.74) is 1.18. The molecule has 0 bridgehead atoms. The van der Waals surface area contributed by atoms with Crippen LogP contribution in [0.3, 0.4) is 0 Å². The highest BCUT2D eigenvalue weighted by Crippen LogP contribution is 2.04. The van der Waals surface area contributed by atoms with Crippen LogP contribution in [-0.4, -0.2) is 40.9 Å². The largest absolute Gasteiger partial charge is 0.480 e. The lowest BCUT2D eigenvalue weighted by atomic mass is 10.1. The number of carboxylic acids is 1. The molecule has 0 saturated heterocycles. The van der Waals surface area contributed by atoms with Gasteiger partial charge in [-0.2, -0.15) is 0 Å². The molecule has 2 amide bonds. The van der Waals surface area contributed by atoms with Gasteiger partial charge in [0.05, 0.1) is 6.61 Å². The van der Waals surface area contributed by atoms with Crippen molar-refractivity contribution in [2.45, 2.75) is 31.8 Å². The van der Waals surface area contributed by atoms with Crippen LogP contribution in [0.1, 0.15) is 18.9 Å². The maximum absolute atomic E-state index is 11.5. The van der Waals surface area contributed by atoms with Gasteiger partial charge in [-0.25, -0.2) is 9.59 Å². The molecule has 1 aromatic carbocycles. The van der Waals surface area contributed by atoms with Crippen molar-refractivity contribution in [2.24, 2.45) is 0 Å². The van der Waals surface area contributed by atoms with Crippen molar-refractivity contribution in [1.29, 1.82) is 0 Å². The SMILES string of the molecule is CC(CCc1ccccc1)NC(=O)N[C@H](CO)C(=O)O. The molecule has 4 N–H and O–H groups in total. The molecule has 0 aliphatic heterocycles. The van der Waals surface area contributed by atoms with E-state index in [9.17, 15) is 9.59 Å². The Balaban J connectivity index is 2.32. The van der Waals surface area contributed by atoms with Crippen LogP contribution in [0.15, 0.2) is 30.3 Å². The minimum atomic E-state index is -1.28. The zero-order valence-electron chi connectivity index (χ0n) is 11.4. The molecule has 0 aliphatic rings. The molecular formula is C14H20N2O4. The van der Waals surface area contributed by atoms with Gasteiger partial charge in [-0.15, -0.1) is 0 Å². The van der Waals surface area contributed by atoms with E-state index in [1.54, 1.807) is 0 Å². The number of nitrogens with one attached hydrogen (secondary N) is 2. The first-order valence-electron chi connectivity index (χ1n) is 6.47. The summed E-state index contributed by atoms with van der Waals surface area (Å²) in [6.45, 7) is 1.21. The fourth-order valence-electron chi connectivity index (χ4n) is 1.71. The zero-order chi connectivity index (χ0) is 15.0. The molecule has 0 radical (unpaired) electrons. The number of rotatable bonds is 7. The number of hydrogen-bond donors (Lipinski definition) is 4. The minimum Gasteiger partial charge on any atom is -0.480 e. The minimum absolute atomic E-state index is 0.0941. The van der Waals surface area contributed by atoms with Crippen LogP contribution >= 0.6 is 0 Å². The Kier molecular flexibility index (Phi) is 6.52. The molecule has 0 saturated carbocycles. The molecule has 1 unspecified atom stereocenters. The lowest BCUT2D eigenvalue weighted by Crippen LogP contribution is -2.50. The number of aliphatic carboxylic acids is 1. The number of amides is 2. The van der Waals surface area contributed by atoms with Gasteiger partial charge >= 0.3 is 12.0 Å². The lowest BCUT2D eigenvalue weighted by molar-refractivity contribution is -0.140. The molecular weight excluding hydrogens is 260 g/mol. The molecule has 6 nitrogen and oxygen atoms in total. The number of carboxylic acid groups (broad SMARTS) is 1. The van der Waals surface area contributed by atoms with Crippen LogP contribution in [0.4, 0.5) is 4.79 Å². The van der Waals surface area contributed by atoms with E-state index in [1.165, 1.54) is 5.56 Å². The summed E-state index contributed by atoms with van der Waals surface area (Å²) >= 11 is 0. The third-order valence-electron chi connectivity index (χ3n) is 2.87. The normalized spacial score (nSPS) is 13.3. The van der Waals surface area contributed by atoms with E-state index >= 15 is 0 Å². The van der Waals surface area contributed by atoms with Crippen molar-refractivity contribution in [1.82, 2.24) is 10.6 Å². The first-order valence-corrected chi connectivity index (χ1v) is 6.47. The van der Waals surface area contributed by atoms with Gasteiger partial charge in [-0.05, 0) is 25.3 Å². The highest BCUT2D eigenvalue weighted by Gasteiger charge is 2.19. The number of hydrogen-bond acceptors (Lipinski definition) is 3. The Labute approximate surface area is 117 Å². The van der Waals surface area contributed by atoms with E-state index in [0.29, 0.717) is 0 Å². The van der Waals surface area contributed by atoms with E-state index in [0.717, 1.165) is 12.8 Å². The molecule has 1 aromatic rings. The smallest absolute Gasteiger partial charge is 0.328 e. The topological polar surface area (TPSA) is 98.7 Å². The second kappa shape index (κ2) is 8.16. The highest BCUT2D eigenvalue weighted by molar-refractivity contribution is 5.82. The number of aliphatic hydroxyl groups is 1. The van der Waals surface area contributed by atoms with Crippen molar-refractivity contribution in [3.8, 4) is 0 Å². The molecule has 0 heterocycles. The summed E-state index contributed by atoms with van der Waals surface area (Å²) in [6, 6.07) is 7.92. The van der Waals surface area contributed by atoms with Crippen LogP contribution < -0.4 is 10.6 Å². The van der Waals surface area contributed by atoms with Gasteiger partial charge in [0.1, 0.15) is 0 Å². The molecule has 110 valence electrons. The summed E-state index contributed by atoms with van der Waals surface area (Å²) < 4.78 is 0. The van der Waals surface area contributed by atoms with E-state index < -0.39 is 24.6 Å². The molecule has 2 atom stereocenters. The van der Waals surface area contributed by atoms with Gasteiger partial charge in [-0.1, -0.05) is 30.3 Å². The number of aryl methyl sites for hydroxylation is 1. The number of benzene rings is 1. The van der Waals surface area contributed by atoms with Gasteiger partial charge in [0.2, 0.25) is 0 Å². The Bertz CT molecular complexity index is 436. The molecule has 1 rings (SSSR count). The number of carbonyl (C=O) groups excluding carboxylic acids is 1. The Morgan fingerprint density at radius 1 is 1.20 bits per heavy atom. The second-order valence-electron chi connectivity index (χ2n) is 4.62. The summed E-state index contributed by atoms with van der Waals surface area (Å²) in [5, 5.41) is 22.4. The van der Waals surface area contributed by atoms with E-state index in [-0.39, 0.29) is 6.04 Å². The highest BCUT2D eigenvalue weighted by atomic mass is 16.4. The zero-order valence-corrected chi connectivity index (χ0v) is 11.4. The summed E-state index contributed by atoms with van der Waals surface area (Å²) in [4.78, 5) is 22.2. The maximum atomic E-state index is 11.5. The average Bonchev–Trinajstić information content (AvgIpc) is 2.43. The van der Waals surface area contributed by atoms with Gasteiger partial charge in [0.25, 0.3) is 0 Å². The van der Waals surface area contributed by atoms with Crippen molar-refractivity contribution >= 4 is 12.0 Å². The molecule has 0 fully saturated rings. The molecule has 0 aromatic heterocycles. The third-order valence-corrected chi connectivity index (χ3v) is 2.87. The van der Waals surface area contributed by atoms with Crippen LogP contribution in [0.5, 0.6) is 0 Å². The number of aliphatic hydroxyl groups excluding tert-OH is 1. The number of carbonyl (C=O) groups is 2. The Morgan fingerprint density at radius 3 is 2.40 bits per heavy atom. The first kappa shape index (κ1) is 16.0. The number of urea groups is 1. The first-order chi connectivity index (χ1) is 9.52. The van der Waals surface area contributed by atoms with Crippen LogP contribution in [0, 0.1) is 0 Å². The van der Waals surface area contributed by atoms with E-state index in [2.05, 4.69) is 10.6 Å². The van der Waals surface area contributed by atoms with Crippen molar-refractivity contribution in [3.63, 3.8) is 0 Å². The molecule has 6 heteroatoms. The van der Waals surface area contributed by atoms with Gasteiger partial charge < -0.3 is 20.8 Å². The van der Waals surface area contributed by atoms with E-state index in [1.807, 2.05) is 37.3 Å². The summed E-state index contributed by atoms with van der Waals surface area (Å²) in [7, 11) is 0. The van der Waals surface area contributed by atoms with Gasteiger partial charge in [0.15, 0.2) is 6.04 Å². The molecule has 20 heavy (non-hydrogen) atoms. The van der Waals surface area contributed by atoms with Crippen LogP contribution in [-0.2, 0) is 11.2 Å². The second-order valence-corrected chi connectivity index (χ2v) is 4.62. The average molecular weight is 280 g/mol. The third kappa shape index (κ3) is 5.71. The molecule has 0 spiro atoms. The summed E-state index contributed by atoms with van der Waals surface area (Å²) in [5.74, 6) is -1.26.